The highest BCUT2D eigenvalue weighted by molar-refractivity contribution is 6.10. The van der Waals surface area contributed by atoms with Crippen molar-refractivity contribution in [3.63, 3.8) is 0 Å². The number of para-hydroxylation sites is 2. The predicted octanol–water partition coefficient (Wildman–Crippen LogP) is 10.1. The van der Waals surface area contributed by atoms with Gasteiger partial charge in [-0.3, -0.25) is 9.13 Å². The minimum Gasteiger partial charge on any atom is -0.497 e. The van der Waals surface area contributed by atoms with Gasteiger partial charge in [0.25, 0.3) is 0 Å². The Hall–Kier alpha value is -7.59. The molecular formula is C44H29N7O3. The normalized spacial score (nSPS) is 11.4. The summed E-state index contributed by atoms with van der Waals surface area (Å²) in [6, 6.07) is 44.1. The van der Waals surface area contributed by atoms with Gasteiger partial charge in [0.2, 0.25) is 0 Å². The fourth-order valence-electron chi connectivity index (χ4n) is 7.14. The Morgan fingerprint density at radius 2 is 1.00 bits per heavy atom. The Balaban J connectivity index is 1.07. The van der Waals surface area contributed by atoms with Crippen LogP contribution in [-0.2, 0) is 0 Å². The second-order valence-corrected chi connectivity index (χ2v) is 12.7. The molecule has 0 unspecified atom stereocenters. The van der Waals surface area contributed by atoms with E-state index in [-0.39, 0.29) is 0 Å². The van der Waals surface area contributed by atoms with E-state index in [4.69, 9.17) is 19.2 Å². The zero-order valence-corrected chi connectivity index (χ0v) is 28.9. The van der Waals surface area contributed by atoms with Gasteiger partial charge in [-0.1, -0.05) is 42.5 Å². The number of methoxy groups -OCH3 is 1. The van der Waals surface area contributed by atoms with Gasteiger partial charge in [0.1, 0.15) is 53.0 Å². The maximum Gasteiger partial charge on any atom is 0.162 e. The van der Waals surface area contributed by atoms with E-state index in [2.05, 4.69) is 71.5 Å². The number of rotatable bonds is 8. The lowest BCUT2D eigenvalue weighted by molar-refractivity contribution is 0.414. The van der Waals surface area contributed by atoms with Crippen LogP contribution in [0.5, 0.6) is 28.7 Å². The standard InChI is InChI=1S/C44H29N7O3/c1-52-29-17-19-47-43(25-29)51-39-11-5-3-9-35(39)37-16-14-31(24-41(37)51)54-33-21-28(44-48-26-45-27-49-44)20-32(22-33)53-30-13-15-36-34-8-2-4-10-38(34)50(40(36)23-30)42-12-6-7-18-46-42/h2-27H,1H3. The number of fused-ring (bicyclic) bond motifs is 6. The summed E-state index contributed by atoms with van der Waals surface area (Å²) in [4.78, 5) is 22.2. The monoisotopic (exact) mass is 703 g/mol. The summed E-state index contributed by atoms with van der Waals surface area (Å²) in [6.07, 6.45) is 6.50. The number of pyridine rings is 2. The summed E-state index contributed by atoms with van der Waals surface area (Å²) in [5.41, 5.74) is 4.72. The van der Waals surface area contributed by atoms with E-state index in [1.807, 2.05) is 91.0 Å². The van der Waals surface area contributed by atoms with Crippen LogP contribution in [0.25, 0.3) is 66.6 Å². The van der Waals surface area contributed by atoms with E-state index >= 15 is 0 Å². The van der Waals surface area contributed by atoms with Gasteiger partial charge in [0, 0.05) is 63.8 Å². The van der Waals surface area contributed by atoms with E-state index in [0.717, 1.165) is 61.0 Å². The molecule has 10 aromatic rings. The Labute approximate surface area is 308 Å². The van der Waals surface area contributed by atoms with Crippen LogP contribution in [0, 0.1) is 0 Å². The van der Waals surface area contributed by atoms with Gasteiger partial charge in [-0.2, -0.15) is 0 Å². The summed E-state index contributed by atoms with van der Waals surface area (Å²) in [5.74, 6) is 5.17. The maximum absolute atomic E-state index is 6.62. The lowest BCUT2D eigenvalue weighted by Crippen LogP contribution is -1.98. The Morgan fingerprint density at radius 1 is 0.426 bits per heavy atom. The number of nitrogens with zero attached hydrogens (tertiary/aromatic N) is 7. The Kier molecular flexibility index (Phi) is 7.43. The third kappa shape index (κ3) is 5.41. The van der Waals surface area contributed by atoms with Crippen molar-refractivity contribution in [2.45, 2.75) is 0 Å². The van der Waals surface area contributed by atoms with Crippen molar-refractivity contribution in [1.29, 1.82) is 0 Å². The smallest absolute Gasteiger partial charge is 0.162 e. The first-order chi connectivity index (χ1) is 26.7. The number of hydrogen-bond donors (Lipinski definition) is 0. The van der Waals surface area contributed by atoms with Gasteiger partial charge in [-0.25, -0.2) is 24.9 Å². The summed E-state index contributed by atoms with van der Waals surface area (Å²) >= 11 is 0. The molecule has 0 N–H and O–H groups in total. The summed E-state index contributed by atoms with van der Waals surface area (Å²) < 4.78 is 23.0. The van der Waals surface area contributed by atoms with Crippen molar-refractivity contribution >= 4 is 43.6 Å². The Bertz CT molecular complexity index is 3000. The SMILES string of the molecule is COc1ccnc(-n2c3ccccc3c3ccc(Oc4cc(Oc5ccc6c7ccccc7n(-c7ccccn7)c6c5)cc(-c5ncncn5)c4)cc32)c1. The number of benzene rings is 5. The molecule has 0 radical (unpaired) electrons. The molecule has 0 aliphatic carbocycles. The van der Waals surface area contributed by atoms with Gasteiger partial charge in [0.05, 0.1) is 29.2 Å². The van der Waals surface area contributed by atoms with Gasteiger partial charge >= 0.3 is 0 Å². The van der Waals surface area contributed by atoms with Crippen molar-refractivity contribution in [1.82, 2.24) is 34.1 Å². The van der Waals surface area contributed by atoms with Crippen LogP contribution in [0.3, 0.4) is 0 Å². The van der Waals surface area contributed by atoms with Gasteiger partial charge in [0.15, 0.2) is 5.82 Å². The molecule has 10 nitrogen and oxygen atoms in total. The zero-order valence-electron chi connectivity index (χ0n) is 28.9. The average Bonchev–Trinajstić information content (AvgIpc) is 3.73. The molecule has 0 saturated heterocycles. The molecule has 0 aliphatic heterocycles. The first-order valence-corrected chi connectivity index (χ1v) is 17.3. The fraction of sp³-hybridized carbons (Fsp3) is 0.0227. The molecule has 54 heavy (non-hydrogen) atoms. The topological polar surface area (TPSA) is 102 Å². The van der Waals surface area contributed by atoms with E-state index in [1.165, 1.54) is 12.7 Å². The largest absolute Gasteiger partial charge is 0.497 e. The van der Waals surface area contributed by atoms with E-state index in [9.17, 15) is 0 Å². The minimum absolute atomic E-state index is 0.491. The second kappa shape index (κ2) is 12.9. The van der Waals surface area contributed by atoms with Crippen LogP contribution in [0.1, 0.15) is 0 Å². The van der Waals surface area contributed by atoms with Crippen molar-refractivity contribution in [2.24, 2.45) is 0 Å². The zero-order chi connectivity index (χ0) is 36.0. The molecule has 0 spiro atoms. The molecule has 5 aromatic carbocycles. The average molecular weight is 704 g/mol. The molecule has 0 bridgehead atoms. The first kappa shape index (κ1) is 31.2. The Morgan fingerprint density at radius 3 is 1.61 bits per heavy atom. The number of aromatic nitrogens is 7. The third-order valence-electron chi connectivity index (χ3n) is 9.45. The predicted molar refractivity (Wildman–Crippen MR) is 209 cm³/mol. The first-order valence-electron chi connectivity index (χ1n) is 17.3. The molecule has 0 aliphatic rings. The fourth-order valence-corrected chi connectivity index (χ4v) is 7.14. The van der Waals surface area contributed by atoms with Crippen LogP contribution < -0.4 is 14.2 Å². The van der Waals surface area contributed by atoms with Crippen LogP contribution >= 0.6 is 0 Å². The molecule has 5 aromatic heterocycles. The third-order valence-corrected chi connectivity index (χ3v) is 9.45. The minimum atomic E-state index is 0.491. The number of ether oxygens (including phenoxy) is 3. The van der Waals surface area contributed by atoms with Crippen LogP contribution in [0.2, 0.25) is 0 Å². The lowest BCUT2D eigenvalue weighted by atomic mass is 10.1. The highest BCUT2D eigenvalue weighted by Crippen LogP contribution is 2.39. The summed E-state index contributed by atoms with van der Waals surface area (Å²) in [7, 11) is 1.65. The highest BCUT2D eigenvalue weighted by Gasteiger charge is 2.17. The van der Waals surface area contributed by atoms with E-state index in [0.29, 0.717) is 34.4 Å². The van der Waals surface area contributed by atoms with Crippen molar-refractivity contribution in [2.75, 3.05) is 7.11 Å². The molecule has 258 valence electrons. The van der Waals surface area contributed by atoms with Crippen molar-refractivity contribution in [3.05, 3.63) is 159 Å². The van der Waals surface area contributed by atoms with Gasteiger partial charge < -0.3 is 14.2 Å². The van der Waals surface area contributed by atoms with Gasteiger partial charge in [-0.15, -0.1) is 0 Å². The molecule has 0 saturated carbocycles. The lowest BCUT2D eigenvalue weighted by Gasteiger charge is -2.13. The van der Waals surface area contributed by atoms with Crippen molar-refractivity contribution < 1.29 is 14.2 Å². The molecule has 10 rings (SSSR count). The molecule has 0 atom stereocenters. The maximum atomic E-state index is 6.62. The second-order valence-electron chi connectivity index (χ2n) is 12.7. The molecule has 0 fully saturated rings. The molecule has 10 heteroatoms. The van der Waals surface area contributed by atoms with Crippen LogP contribution in [0.4, 0.5) is 0 Å². The van der Waals surface area contributed by atoms with Crippen LogP contribution in [0.15, 0.2) is 159 Å². The number of hydrogen-bond acceptors (Lipinski definition) is 8. The quantitative estimate of drug-likeness (QED) is 0.154. The molecular weight excluding hydrogens is 675 g/mol. The van der Waals surface area contributed by atoms with Gasteiger partial charge in [-0.05, 0) is 66.7 Å². The molecule has 0 amide bonds. The van der Waals surface area contributed by atoms with E-state index < -0.39 is 0 Å². The van der Waals surface area contributed by atoms with Crippen molar-refractivity contribution in [3.8, 4) is 51.8 Å². The highest BCUT2D eigenvalue weighted by atomic mass is 16.5. The molecule has 5 heterocycles. The van der Waals surface area contributed by atoms with Crippen LogP contribution in [-0.4, -0.2) is 41.2 Å². The summed E-state index contributed by atoms with van der Waals surface area (Å²) in [6.45, 7) is 0. The van der Waals surface area contributed by atoms with E-state index in [1.54, 1.807) is 19.5 Å². The summed E-state index contributed by atoms with van der Waals surface area (Å²) in [5, 5.41) is 4.42.